The van der Waals surface area contributed by atoms with Crippen LogP contribution in [0.15, 0.2) is 72.8 Å². The molecular formula is C24H22O6. The van der Waals surface area contributed by atoms with E-state index in [9.17, 15) is 14.7 Å². The van der Waals surface area contributed by atoms with E-state index >= 15 is 0 Å². The third-order valence-corrected chi connectivity index (χ3v) is 4.26. The number of rotatable bonds is 9. The fourth-order valence-electron chi connectivity index (χ4n) is 2.83. The van der Waals surface area contributed by atoms with Crippen molar-refractivity contribution >= 4 is 11.9 Å². The van der Waals surface area contributed by atoms with Crippen LogP contribution >= 0.6 is 0 Å². The van der Waals surface area contributed by atoms with Crippen molar-refractivity contribution in [2.45, 2.75) is 20.1 Å². The first kappa shape index (κ1) is 20.9. The van der Waals surface area contributed by atoms with E-state index in [1.54, 1.807) is 6.92 Å². The number of carbonyl (C=O) groups is 2. The maximum atomic E-state index is 12.5. The maximum Gasteiger partial charge on any atom is 0.342 e. The third-order valence-electron chi connectivity index (χ3n) is 4.26. The van der Waals surface area contributed by atoms with Gasteiger partial charge in [-0.2, -0.15) is 0 Å². The number of hydrogen-bond donors (Lipinski definition) is 1. The van der Waals surface area contributed by atoms with E-state index < -0.39 is 11.9 Å². The van der Waals surface area contributed by atoms with Crippen LogP contribution < -0.4 is 9.47 Å². The minimum atomic E-state index is -1.23. The first-order valence-electron chi connectivity index (χ1n) is 9.50. The van der Waals surface area contributed by atoms with Gasteiger partial charge in [-0.05, 0) is 30.2 Å². The van der Waals surface area contributed by atoms with Crippen LogP contribution in [0.3, 0.4) is 0 Å². The van der Waals surface area contributed by atoms with E-state index in [4.69, 9.17) is 14.2 Å². The van der Waals surface area contributed by atoms with Gasteiger partial charge >= 0.3 is 11.9 Å². The summed E-state index contributed by atoms with van der Waals surface area (Å²) in [4.78, 5) is 24.4. The molecule has 1 N–H and O–H groups in total. The highest BCUT2D eigenvalue weighted by Gasteiger charge is 2.24. The number of ether oxygens (including phenoxy) is 3. The van der Waals surface area contributed by atoms with Gasteiger partial charge in [0.05, 0.1) is 6.61 Å². The zero-order chi connectivity index (χ0) is 21.3. The molecule has 0 aromatic heterocycles. The molecule has 0 atom stereocenters. The number of esters is 1. The molecule has 0 aliphatic rings. The molecule has 0 fully saturated rings. The van der Waals surface area contributed by atoms with E-state index in [1.165, 1.54) is 12.1 Å². The van der Waals surface area contributed by atoms with Gasteiger partial charge in [0.15, 0.2) is 0 Å². The number of benzene rings is 3. The Bertz CT molecular complexity index is 999. The Morgan fingerprint density at radius 1 is 0.800 bits per heavy atom. The molecule has 0 radical (unpaired) electrons. The number of hydrogen-bond acceptors (Lipinski definition) is 5. The molecule has 3 rings (SSSR count). The molecule has 0 unspecified atom stereocenters. The predicted octanol–water partition coefficient (Wildman–Crippen LogP) is 4.72. The largest absolute Gasteiger partial charge is 0.489 e. The van der Waals surface area contributed by atoms with Crippen LogP contribution in [0.4, 0.5) is 0 Å². The molecule has 0 bridgehead atoms. The molecule has 0 aliphatic carbocycles. The van der Waals surface area contributed by atoms with Crippen LogP contribution in [0.25, 0.3) is 0 Å². The fraction of sp³-hybridized carbons (Fsp3) is 0.167. The SMILES string of the molecule is CCOC(=O)c1cc(OCc2ccccc2)cc(C(=O)O)c1OCc1ccccc1. The second-order valence-electron chi connectivity index (χ2n) is 6.42. The molecule has 30 heavy (non-hydrogen) atoms. The number of aromatic carboxylic acids is 1. The second kappa shape index (κ2) is 10.1. The quantitative estimate of drug-likeness (QED) is 0.518. The summed E-state index contributed by atoms with van der Waals surface area (Å²) in [5, 5.41) is 9.72. The van der Waals surface area contributed by atoms with E-state index in [1.807, 2.05) is 60.7 Å². The van der Waals surface area contributed by atoms with Crippen molar-refractivity contribution < 1.29 is 28.9 Å². The summed E-state index contributed by atoms with van der Waals surface area (Å²) in [7, 11) is 0. The van der Waals surface area contributed by atoms with Crippen molar-refractivity contribution in [3.8, 4) is 11.5 Å². The lowest BCUT2D eigenvalue weighted by atomic mass is 10.1. The van der Waals surface area contributed by atoms with E-state index in [-0.39, 0.29) is 42.4 Å². The molecule has 0 amide bonds. The van der Waals surface area contributed by atoms with Crippen molar-refractivity contribution in [1.29, 1.82) is 0 Å². The van der Waals surface area contributed by atoms with Crippen molar-refractivity contribution in [3.63, 3.8) is 0 Å². The highest BCUT2D eigenvalue weighted by molar-refractivity contribution is 6.00. The van der Waals surface area contributed by atoms with Gasteiger partial charge in [-0.1, -0.05) is 60.7 Å². The zero-order valence-electron chi connectivity index (χ0n) is 16.5. The van der Waals surface area contributed by atoms with Crippen LogP contribution in [0, 0.1) is 0 Å². The summed E-state index contributed by atoms with van der Waals surface area (Å²) in [5.41, 5.74) is 1.60. The molecule has 0 saturated carbocycles. The third kappa shape index (κ3) is 5.38. The Kier molecular flexibility index (Phi) is 7.05. The average Bonchev–Trinajstić information content (AvgIpc) is 2.77. The summed E-state index contributed by atoms with van der Waals surface area (Å²) >= 11 is 0. The van der Waals surface area contributed by atoms with Crippen LogP contribution in [-0.2, 0) is 18.0 Å². The van der Waals surface area contributed by atoms with Gasteiger partial charge in [0.25, 0.3) is 0 Å². The van der Waals surface area contributed by atoms with Gasteiger partial charge in [0.2, 0.25) is 0 Å². The summed E-state index contributed by atoms with van der Waals surface area (Å²) in [6.45, 7) is 2.16. The Balaban J connectivity index is 1.93. The minimum Gasteiger partial charge on any atom is -0.489 e. The first-order valence-corrected chi connectivity index (χ1v) is 9.50. The molecule has 154 valence electrons. The molecule has 6 heteroatoms. The topological polar surface area (TPSA) is 82.1 Å². The molecule has 3 aromatic rings. The average molecular weight is 406 g/mol. The van der Waals surface area contributed by atoms with Crippen LogP contribution in [0.1, 0.15) is 38.8 Å². The standard InChI is InChI=1S/C24H22O6/c1-2-28-24(27)21-14-19(29-15-17-9-5-3-6-10-17)13-20(23(25)26)22(21)30-16-18-11-7-4-8-12-18/h3-14H,2,15-16H2,1H3,(H,25,26). The molecule has 0 aliphatic heterocycles. The maximum absolute atomic E-state index is 12.5. The summed E-state index contributed by atoms with van der Waals surface area (Å²) in [6.07, 6.45) is 0. The second-order valence-corrected chi connectivity index (χ2v) is 6.42. The van der Waals surface area contributed by atoms with E-state index in [0.717, 1.165) is 11.1 Å². The van der Waals surface area contributed by atoms with Crippen LogP contribution in [0.2, 0.25) is 0 Å². The number of carboxylic acids is 1. The fourth-order valence-corrected chi connectivity index (χ4v) is 2.83. The molecule has 0 heterocycles. The van der Waals surface area contributed by atoms with Crippen molar-refractivity contribution in [1.82, 2.24) is 0 Å². The van der Waals surface area contributed by atoms with Gasteiger partial charge in [-0.25, -0.2) is 9.59 Å². The van der Waals surface area contributed by atoms with Crippen molar-refractivity contribution in [2.24, 2.45) is 0 Å². The predicted molar refractivity (Wildman–Crippen MR) is 111 cm³/mol. The zero-order valence-corrected chi connectivity index (χ0v) is 16.5. The Morgan fingerprint density at radius 3 is 1.87 bits per heavy atom. The van der Waals surface area contributed by atoms with Crippen LogP contribution in [0.5, 0.6) is 11.5 Å². The van der Waals surface area contributed by atoms with Gasteiger partial charge in [-0.15, -0.1) is 0 Å². The van der Waals surface area contributed by atoms with E-state index in [2.05, 4.69) is 0 Å². The monoisotopic (exact) mass is 406 g/mol. The summed E-state index contributed by atoms with van der Waals surface area (Å²) in [6, 6.07) is 21.5. The first-order chi connectivity index (χ1) is 14.6. The molecule has 0 saturated heterocycles. The smallest absolute Gasteiger partial charge is 0.342 e. The highest BCUT2D eigenvalue weighted by atomic mass is 16.5. The van der Waals surface area contributed by atoms with E-state index in [0.29, 0.717) is 0 Å². The number of carbonyl (C=O) groups excluding carboxylic acids is 1. The molecule has 6 nitrogen and oxygen atoms in total. The van der Waals surface area contributed by atoms with Gasteiger partial charge in [0, 0.05) is 0 Å². The van der Waals surface area contributed by atoms with Gasteiger partial charge in [-0.3, -0.25) is 0 Å². The Labute approximate surface area is 174 Å². The lowest BCUT2D eigenvalue weighted by molar-refractivity contribution is 0.0520. The van der Waals surface area contributed by atoms with Crippen molar-refractivity contribution in [3.05, 3.63) is 95.1 Å². The molecule has 3 aromatic carbocycles. The van der Waals surface area contributed by atoms with Crippen LogP contribution in [-0.4, -0.2) is 23.7 Å². The normalized spacial score (nSPS) is 10.3. The molecule has 0 spiro atoms. The lowest BCUT2D eigenvalue weighted by Crippen LogP contribution is -2.13. The number of carboxylic acid groups (broad SMARTS) is 1. The Hall–Kier alpha value is -3.80. The van der Waals surface area contributed by atoms with Gasteiger partial charge in [0.1, 0.15) is 35.8 Å². The highest BCUT2D eigenvalue weighted by Crippen LogP contribution is 2.32. The summed E-state index contributed by atoms with van der Waals surface area (Å²) < 4.78 is 16.6. The van der Waals surface area contributed by atoms with Gasteiger partial charge < -0.3 is 19.3 Å². The molecular weight excluding hydrogens is 384 g/mol. The summed E-state index contributed by atoms with van der Waals surface area (Å²) in [5.74, 6) is -1.70. The lowest BCUT2D eigenvalue weighted by Gasteiger charge is -2.16. The minimum absolute atomic E-state index is 0.00995. The Morgan fingerprint density at radius 2 is 1.33 bits per heavy atom. The van der Waals surface area contributed by atoms with Crippen molar-refractivity contribution in [2.75, 3.05) is 6.61 Å².